The van der Waals surface area contributed by atoms with Gasteiger partial charge in [-0.2, -0.15) is 0 Å². The van der Waals surface area contributed by atoms with Gasteiger partial charge in [-0.25, -0.2) is 0 Å². The molecule has 0 spiro atoms. The lowest BCUT2D eigenvalue weighted by Crippen LogP contribution is -2.07. The van der Waals surface area contributed by atoms with Crippen LogP contribution < -0.4 is 0 Å². The predicted molar refractivity (Wildman–Crippen MR) is 334 cm³/mol. The Labute approximate surface area is 460 Å². The van der Waals surface area contributed by atoms with E-state index < -0.39 is 0 Å². The van der Waals surface area contributed by atoms with Gasteiger partial charge in [-0.3, -0.25) is 0 Å². The van der Waals surface area contributed by atoms with Gasteiger partial charge in [0.25, 0.3) is 0 Å². The van der Waals surface area contributed by atoms with Gasteiger partial charge in [0.05, 0.1) is 0 Å². The van der Waals surface area contributed by atoms with Crippen molar-refractivity contribution in [3.05, 3.63) is 288 Å². The van der Waals surface area contributed by atoms with Crippen LogP contribution in [0.2, 0.25) is 0 Å². The molecule has 0 fully saturated rings. The van der Waals surface area contributed by atoms with E-state index in [9.17, 15) is 0 Å². The molecule has 1 aliphatic carbocycles. The summed E-state index contributed by atoms with van der Waals surface area (Å²) >= 11 is 0. The molecule has 0 heterocycles. The molecule has 12 aromatic rings. The zero-order valence-corrected chi connectivity index (χ0v) is 45.2. The first-order chi connectivity index (χ1) is 38.3. The molecule has 0 bridgehead atoms. The van der Waals surface area contributed by atoms with E-state index in [1.54, 1.807) is 0 Å². The summed E-state index contributed by atoms with van der Waals surface area (Å²) in [5, 5.41) is 0. The minimum Gasteiger partial charge on any atom is -0.0622 e. The highest BCUT2D eigenvalue weighted by Gasteiger charge is 2.34. The van der Waals surface area contributed by atoms with Gasteiger partial charge in [0.15, 0.2) is 0 Å². The van der Waals surface area contributed by atoms with E-state index in [0.29, 0.717) is 0 Å². The Morgan fingerprint density at radius 3 is 0.372 bits per heavy atom. The molecule has 0 saturated carbocycles. The van der Waals surface area contributed by atoms with Crippen molar-refractivity contribution >= 4 is 0 Å². The molecule has 0 nitrogen and oxygen atoms in total. The van der Waals surface area contributed by atoms with Crippen molar-refractivity contribution in [2.45, 2.75) is 41.5 Å². The Hall–Kier alpha value is -9.36. The third-order valence-corrected chi connectivity index (χ3v) is 16.8. The zero-order chi connectivity index (χ0) is 53.0. The van der Waals surface area contributed by atoms with Crippen LogP contribution in [-0.4, -0.2) is 0 Å². The van der Waals surface area contributed by atoms with Crippen molar-refractivity contribution in [3.8, 4) is 134 Å². The highest BCUT2D eigenvalue weighted by molar-refractivity contribution is 6.13. The van der Waals surface area contributed by atoms with Crippen LogP contribution in [0.1, 0.15) is 33.4 Å². The molecule has 0 aromatic heterocycles. The summed E-state index contributed by atoms with van der Waals surface area (Å²) in [6.45, 7) is 14.4. The maximum Gasteiger partial charge on any atom is -0.00604 e. The summed E-state index contributed by atoms with van der Waals surface area (Å²) in [5.41, 5.74) is 37.0. The van der Waals surface area contributed by atoms with Crippen LogP contribution in [0.4, 0.5) is 0 Å². The van der Waals surface area contributed by atoms with Crippen LogP contribution in [-0.2, 0) is 0 Å². The monoisotopic (exact) mass is 996 g/mol. The maximum absolute atomic E-state index is 2.41. The van der Waals surface area contributed by atoms with Crippen molar-refractivity contribution in [1.29, 1.82) is 0 Å². The lowest BCUT2D eigenvalue weighted by molar-refractivity contribution is 1.35. The molecular formula is C78H60. The normalized spacial score (nSPS) is 11.5. The van der Waals surface area contributed by atoms with Crippen LogP contribution in [0.3, 0.4) is 0 Å². The molecule has 0 N–H and O–H groups in total. The molecule has 78 heavy (non-hydrogen) atoms. The van der Waals surface area contributed by atoms with E-state index in [1.807, 2.05) is 0 Å². The van der Waals surface area contributed by atoms with E-state index in [4.69, 9.17) is 0 Å². The Kier molecular flexibility index (Phi) is 12.4. The molecule has 0 unspecified atom stereocenters. The number of hydrogen-bond acceptors (Lipinski definition) is 0. The summed E-state index contributed by atoms with van der Waals surface area (Å²) in [4.78, 5) is 0. The molecule has 0 radical (unpaired) electrons. The minimum absolute atomic E-state index is 1.20. The largest absolute Gasteiger partial charge is 0.0622 e. The third-order valence-electron chi connectivity index (χ3n) is 16.8. The first-order valence-corrected chi connectivity index (χ1v) is 27.4. The van der Waals surface area contributed by atoms with Crippen molar-refractivity contribution in [2.24, 2.45) is 0 Å². The number of fused-ring (bicyclic) bond motifs is 12. The highest BCUT2D eigenvalue weighted by Crippen LogP contribution is 2.59. The van der Waals surface area contributed by atoms with Gasteiger partial charge < -0.3 is 0 Å². The molecule has 0 aliphatic heterocycles. The number of benzene rings is 12. The average Bonchev–Trinajstić information content (AvgIpc) is 3.56. The first-order valence-electron chi connectivity index (χ1n) is 27.4. The van der Waals surface area contributed by atoms with Crippen LogP contribution in [0.5, 0.6) is 0 Å². The molecule has 372 valence electrons. The standard InChI is InChI=1S/C78H60/c1-49-67(55-31-13-7-14-32-55)68(56-33-15-8-16-34-56)50(2)74-63-45-27-28-46-64(63)76-52(4)70(58-37-19-10-20-38-58)72(60-41-23-12-24-42-60)54(6)78(76)66-48-30-29-47-65(66)77-53(5)71(59-39-21-11-22-40-59)69(57-35-17-9-18-36-57)51(3)75(77)62-44-26-25-43-61(62)73(49)74/h7-48H,1-6H3. The van der Waals surface area contributed by atoms with Gasteiger partial charge in [0.2, 0.25) is 0 Å². The minimum atomic E-state index is 1.20. The predicted octanol–water partition coefficient (Wildman–Crippen LogP) is 21.9. The van der Waals surface area contributed by atoms with Gasteiger partial charge in [-0.15, -0.1) is 0 Å². The Morgan fingerprint density at radius 2 is 0.244 bits per heavy atom. The van der Waals surface area contributed by atoms with Crippen molar-refractivity contribution in [1.82, 2.24) is 0 Å². The second-order valence-electron chi connectivity index (χ2n) is 21.1. The SMILES string of the molecule is Cc1c(-c2ccccc2)c(-c2ccccc2)c(C)c2c1-c1ccccc1-c1c(C)c(-c3ccccc3)c(-c3ccccc3)c(C)c1-c1ccccc1-c1c(C)c(-c3ccccc3)c(-c3ccccc3)c(C)c1-c1ccccc1-2. The summed E-state index contributed by atoms with van der Waals surface area (Å²) in [6, 6.07) is 94.6. The topological polar surface area (TPSA) is 0 Å². The maximum atomic E-state index is 2.41. The number of rotatable bonds is 6. The molecule has 13 rings (SSSR count). The fourth-order valence-corrected chi connectivity index (χ4v) is 13.6. The van der Waals surface area contributed by atoms with E-state index in [2.05, 4.69) is 296 Å². The van der Waals surface area contributed by atoms with Crippen molar-refractivity contribution in [2.75, 3.05) is 0 Å². The van der Waals surface area contributed by atoms with Crippen LogP contribution in [0.15, 0.2) is 255 Å². The molecule has 0 amide bonds. The summed E-state index contributed by atoms with van der Waals surface area (Å²) in [6.07, 6.45) is 0. The Balaban J connectivity index is 1.32. The van der Waals surface area contributed by atoms with E-state index >= 15 is 0 Å². The van der Waals surface area contributed by atoms with E-state index in [-0.39, 0.29) is 0 Å². The first kappa shape index (κ1) is 48.3. The second kappa shape index (κ2) is 20.0. The van der Waals surface area contributed by atoms with Gasteiger partial charge in [-0.1, -0.05) is 255 Å². The van der Waals surface area contributed by atoms with Crippen LogP contribution in [0.25, 0.3) is 134 Å². The van der Waals surface area contributed by atoms with Gasteiger partial charge in [-0.05, 0) is 208 Å². The van der Waals surface area contributed by atoms with Gasteiger partial charge in [0.1, 0.15) is 0 Å². The lowest BCUT2D eigenvalue weighted by atomic mass is 9.71. The zero-order valence-electron chi connectivity index (χ0n) is 45.2. The van der Waals surface area contributed by atoms with Crippen LogP contribution >= 0.6 is 0 Å². The second-order valence-corrected chi connectivity index (χ2v) is 21.1. The van der Waals surface area contributed by atoms with E-state index in [0.717, 1.165) is 0 Å². The molecule has 0 heteroatoms. The fraction of sp³-hybridized carbons (Fsp3) is 0.0769. The highest BCUT2D eigenvalue weighted by atomic mass is 14.4. The Morgan fingerprint density at radius 1 is 0.128 bits per heavy atom. The molecular weight excluding hydrogens is 937 g/mol. The lowest BCUT2D eigenvalue weighted by Gasteiger charge is -2.32. The molecule has 0 saturated heterocycles. The Bertz CT molecular complexity index is 3530. The summed E-state index contributed by atoms with van der Waals surface area (Å²) < 4.78 is 0. The molecule has 1 aliphatic rings. The molecule has 0 atom stereocenters. The number of hydrogen-bond donors (Lipinski definition) is 0. The third kappa shape index (κ3) is 7.82. The van der Waals surface area contributed by atoms with Gasteiger partial charge >= 0.3 is 0 Å². The quantitative estimate of drug-likeness (QED) is 0.156. The smallest absolute Gasteiger partial charge is 0.00604 e. The summed E-state index contributed by atoms with van der Waals surface area (Å²) in [5.74, 6) is 0. The van der Waals surface area contributed by atoms with Crippen molar-refractivity contribution in [3.63, 3.8) is 0 Å². The van der Waals surface area contributed by atoms with E-state index in [1.165, 1.54) is 167 Å². The summed E-state index contributed by atoms with van der Waals surface area (Å²) in [7, 11) is 0. The van der Waals surface area contributed by atoms with Crippen LogP contribution in [0, 0.1) is 41.5 Å². The fourth-order valence-electron chi connectivity index (χ4n) is 13.6. The average molecular weight is 997 g/mol. The van der Waals surface area contributed by atoms with Crippen molar-refractivity contribution < 1.29 is 0 Å². The van der Waals surface area contributed by atoms with Gasteiger partial charge in [0, 0.05) is 0 Å². The molecule has 12 aromatic carbocycles.